The molecule has 1 rings (SSSR count). The fourth-order valence-corrected chi connectivity index (χ4v) is 2.06. The predicted molar refractivity (Wildman–Crippen MR) is 67.5 cm³/mol. The third-order valence-corrected chi connectivity index (χ3v) is 2.92. The molecule has 1 atom stereocenters. The fourth-order valence-electron chi connectivity index (χ4n) is 1.84. The third kappa shape index (κ3) is 4.23. The Labute approximate surface area is 97.8 Å². The van der Waals surface area contributed by atoms with Crippen LogP contribution in [0, 0.1) is 0 Å². The summed E-state index contributed by atoms with van der Waals surface area (Å²) in [6.45, 7) is 5.39. The Morgan fingerprint density at radius 1 is 1.27 bits per heavy atom. The van der Waals surface area contributed by atoms with Crippen molar-refractivity contribution in [2.45, 2.75) is 39.2 Å². The molecule has 1 N–H and O–H groups in total. The number of halogens is 1. The lowest BCUT2D eigenvalue weighted by molar-refractivity contribution is 0.486. The van der Waals surface area contributed by atoms with E-state index in [0.717, 1.165) is 18.0 Å². The normalized spacial score (nSPS) is 12.7. The van der Waals surface area contributed by atoms with Crippen molar-refractivity contribution < 1.29 is 0 Å². The first-order valence-corrected chi connectivity index (χ1v) is 6.12. The van der Waals surface area contributed by atoms with E-state index in [9.17, 15) is 0 Å². The molecule has 1 aromatic carbocycles. The molecule has 0 aliphatic carbocycles. The summed E-state index contributed by atoms with van der Waals surface area (Å²) in [7, 11) is 0. The minimum absolute atomic E-state index is 0.555. The van der Waals surface area contributed by atoms with Crippen molar-refractivity contribution in [1.82, 2.24) is 5.32 Å². The third-order valence-electron chi connectivity index (χ3n) is 2.55. The molecule has 0 aromatic heterocycles. The van der Waals surface area contributed by atoms with Crippen LogP contribution in [0.1, 0.15) is 32.3 Å². The Bertz CT molecular complexity index is 280. The van der Waals surface area contributed by atoms with Gasteiger partial charge in [0.15, 0.2) is 0 Å². The summed E-state index contributed by atoms with van der Waals surface area (Å²) in [4.78, 5) is 0. The van der Waals surface area contributed by atoms with Crippen LogP contribution in [-0.2, 0) is 6.42 Å². The average molecular weight is 226 g/mol. The summed E-state index contributed by atoms with van der Waals surface area (Å²) in [6.07, 6.45) is 3.45. The molecule has 0 aliphatic heterocycles. The van der Waals surface area contributed by atoms with Crippen LogP contribution in [0.5, 0.6) is 0 Å². The molecular formula is C13H20ClN. The minimum atomic E-state index is 0.555. The molecule has 0 heterocycles. The quantitative estimate of drug-likeness (QED) is 0.779. The maximum absolute atomic E-state index is 6.14. The molecule has 0 saturated carbocycles. The van der Waals surface area contributed by atoms with Crippen molar-refractivity contribution in [3.8, 4) is 0 Å². The van der Waals surface area contributed by atoms with E-state index in [0.29, 0.717) is 6.04 Å². The van der Waals surface area contributed by atoms with Gasteiger partial charge in [-0.3, -0.25) is 0 Å². The number of benzene rings is 1. The van der Waals surface area contributed by atoms with E-state index in [1.807, 2.05) is 12.1 Å². The molecule has 0 fully saturated rings. The van der Waals surface area contributed by atoms with Crippen LogP contribution < -0.4 is 5.32 Å². The van der Waals surface area contributed by atoms with Gasteiger partial charge in [0.2, 0.25) is 0 Å². The Hall–Kier alpha value is -0.530. The monoisotopic (exact) mass is 225 g/mol. The smallest absolute Gasteiger partial charge is 0.0438 e. The highest BCUT2D eigenvalue weighted by molar-refractivity contribution is 6.31. The molecule has 0 bridgehead atoms. The Balaban J connectivity index is 2.60. The second-order valence-electron chi connectivity index (χ2n) is 3.84. The zero-order valence-electron chi connectivity index (χ0n) is 9.59. The van der Waals surface area contributed by atoms with E-state index in [1.165, 1.54) is 18.4 Å². The molecule has 15 heavy (non-hydrogen) atoms. The lowest BCUT2D eigenvalue weighted by Gasteiger charge is -2.17. The van der Waals surface area contributed by atoms with Crippen molar-refractivity contribution >= 4 is 11.6 Å². The molecule has 0 spiro atoms. The van der Waals surface area contributed by atoms with Gasteiger partial charge in [0.1, 0.15) is 0 Å². The Morgan fingerprint density at radius 2 is 2.00 bits per heavy atom. The number of nitrogens with one attached hydrogen (secondary N) is 1. The van der Waals surface area contributed by atoms with Gasteiger partial charge in [-0.1, -0.05) is 50.1 Å². The summed E-state index contributed by atoms with van der Waals surface area (Å²) >= 11 is 6.14. The lowest BCUT2D eigenvalue weighted by Crippen LogP contribution is -2.30. The zero-order chi connectivity index (χ0) is 11.1. The van der Waals surface area contributed by atoms with E-state index < -0.39 is 0 Å². The SMILES string of the molecule is CCCC(Cc1ccccc1Cl)NCC. The lowest BCUT2D eigenvalue weighted by atomic mass is 10.0. The second-order valence-corrected chi connectivity index (χ2v) is 4.25. The van der Waals surface area contributed by atoms with Gasteiger partial charge in [0.25, 0.3) is 0 Å². The second kappa shape index (κ2) is 6.86. The Kier molecular flexibility index (Phi) is 5.74. The average Bonchev–Trinajstić information content (AvgIpc) is 2.22. The molecule has 1 nitrogen and oxygen atoms in total. The number of hydrogen-bond acceptors (Lipinski definition) is 1. The first-order chi connectivity index (χ1) is 7.27. The molecule has 84 valence electrons. The van der Waals surface area contributed by atoms with E-state index in [1.54, 1.807) is 0 Å². The van der Waals surface area contributed by atoms with Crippen molar-refractivity contribution in [2.75, 3.05) is 6.54 Å². The molecule has 0 aliphatic rings. The topological polar surface area (TPSA) is 12.0 Å². The highest BCUT2D eigenvalue weighted by Gasteiger charge is 2.08. The minimum Gasteiger partial charge on any atom is -0.314 e. The van der Waals surface area contributed by atoms with Crippen LogP contribution in [0.3, 0.4) is 0 Å². The summed E-state index contributed by atoms with van der Waals surface area (Å²) < 4.78 is 0. The molecule has 1 unspecified atom stereocenters. The van der Waals surface area contributed by atoms with E-state index in [-0.39, 0.29) is 0 Å². The molecular weight excluding hydrogens is 206 g/mol. The molecule has 0 radical (unpaired) electrons. The molecule has 0 amide bonds. The summed E-state index contributed by atoms with van der Waals surface area (Å²) in [5.74, 6) is 0. The van der Waals surface area contributed by atoms with Crippen molar-refractivity contribution in [3.05, 3.63) is 34.9 Å². The maximum atomic E-state index is 6.14. The zero-order valence-corrected chi connectivity index (χ0v) is 10.3. The fraction of sp³-hybridized carbons (Fsp3) is 0.538. The van der Waals surface area contributed by atoms with E-state index in [4.69, 9.17) is 11.6 Å². The maximum Gasteiger partial charge on any atom is 0.0438 e. The molecule has 1 aromatic rings. The molecule has 0 saturated heterocycles. The molecule has 2 heteroatoms. The van der Waals surface area contributed by atoms with Gasteiger partial charge in [-0.2, -0.15) is 0 Å². The predicted octanol–water partition coefficient (Wildman–Crippen LogP) is 3.66. The van der Waals surface area contributed by atoms with Crippen LogP contribution >= 0.6 is 11.6 Å². The van der Waals surface area contributed by atoms with Crippen molar-refractivity contribution in [2.24, 2.45) is 0 Å². The van der Waals surface area contributed by atoms with E-state index >= 15 is 0 Å². The summed E-state index contributed by atoms with van der Waals surface area (Å²) in [5.41, 5.74) is 1.25. The van der Waals surface area contributed by atoms with Gasteiger partial charge in [-0.15, -0.1) is 0 Å². The van der Waals surface area contributed by atoms with Crippen LogP contribution in [0.2, 0.25) is 5.02 Å². The highest BCUT2D eigenvalue weighted by atomic mass is 35.5. The van der Waals surface area contributed by atoms with Crippen LogP contribution in [0.15, 0.2) is 24.3 Å². The van der Waals surface area contributed by atoms with Gasteiger partial charge in [-0.05, 0) is 31.0 Å². The number of hydrogen-bond donors (Lipinski definition) is 1. The van der Waals surface area contributed by atoms with Crippen LogP contribution in [0.4, 0.5) is 0 Å². The van der Waals surface area contributed by atoms with Gasteiger partial charge in [0, 0.05) is 11.1 Å². The standard InChI is InChI=1S/C13H20ClN/c1-3-7-12(15-4-2)10-11-8-5-6-9-13(11)14/h5-6,8-9,12,15H,3-4,7,10H2,1-2H3. The highest BCUT2D eigenvalue weighted by Crippen LogP contribution is 2.17. The van der Waals surface area contributed by atoms with Crippen LogP contribution in [0.25, 0.3) is 0 Å². The first kappa shape index (κ1) is 12.5. The first-order valence-electron chi connectivity index (χ1n) is 5.74. The van der Waals surface area contributed by atoms with Gasteiger partial charge in [0.05, 0.1) is 0 Å². The summed E-state index contributed by atoms with van der Waals surface area (Å²) in [6, 6.07) is 8.66. The van der Waals surface area contributed by atoms with Gasteiger partial charge >= 0.3 is 0 Å². The number of likely N-dealkylation sites (N-methyl/N-ethyl adjacent to an activating group) is 1. The largest absolute Gasteiger partial charge is 0.314 e. The number of rotatable bonds is 6. The van der Waals surface area contributed by atoms with Crippen molar-refractivity contribution in [3.63, 3.8) is 0 Å². The van der Waals surface area contributed by atoms with Crippen molar-refractivity contribution in [1.29, 1.82) is 0 Å². The van der Waals surface area contributed by atoms with Gasteiger partial charge in [-0.25, -0.2) is 0 Å². The van der Waals surface area contributed by atoms with Gasteiger partial charge < -0.3 is 5.32 Å². The summed E-state index contributed by atoms with van der Waals surface area (Å²) in [5, 5.41) is 4.39. The van der Waals surface area contributed by atoms with E-state index in [2.05, 4.69) is 31.3 Å². The Morgan fingerprint density at radius 3 is 2.60 bits per heavy atom. The van der Waals surface area contributed by atoms with Crippen LogP contribution in [-0.4, -0.2) is 12.6 Å².